The van der Waals surface area contributed by atoms with Crippen LogP contribution in [0.15, 0.2) is 18.5 Å². The van der Waals surface area contributed by atoms with E-state index in [1.807, 2.05) is 18.5 Å². The Kier molecular flexibility index (Phi) is 5.77. The quantitative estimate of drug-likeness (QED) is 0.742. The van der Waals surface area contributed by atoms with Gasteiger partial charge in [0.15, 0.2) is 0 Å². The van der Waals surface area contributed by atoms with Gasteiger partial charge in [0.2, 0.25) is 5.95 Å². The first-order valence-corrected chi connectivity index (χ1v) is 8.69. The number of hydrogen-bond donors (Lipinski definition) is 2. The second kappa shape index (κ2) is 8.21. The van der Waals surface area contributed by atoms with Crippen LogP contribution in [0.25, 0.3) is 0 Å². The predicted octanol–water partition coefficient (Wildman–Crippen LogP) is 1.12. The topological polar surface area (TPSA) is 73.0 Å². The molecular formula is C17H27N7. The van der Waals surface area contributed by atoms with Gasteiger partial charge in [-0.2, -0.15) is 5.10 Å². The maximum absolute atomic E-state index is 4.33. The third kappa shape index (κ3) is 4.30. The van der Waals surface area contributed by atoms with E-state index in [0.29, 0.717) is 0 Å². The third-order valence-electron chi connectivity index (χ3n) is 4.62. The minimum atomic E-state index is 0.852. The molecule has 2 aromatic heterocycles. The molecule has 3 heterocycles. The summed E-state index contributed by atoms with van der Waals surface area (Å²) in [5.74, 6) is 0.852. The number of aromatic amines is 1. The van der Waals surface area contributed by atoms with Crippen LogP contribution in [0.1, 0.15) is 23.4 Å². The molecule has 1 fully saturated rings. The lowest BCUT2D eigenvalue weighted by molar-refractivity contribution is 0.252. The van der Waals surface area contributed by atoms with Crippen molar-refractivity contribution in [2.24, 2.45) is 0 Å². The minimum Gasteiger partial charge on any atom is -0.338 e. The number of rotatable bonds is 7. The number of anilines is 1. The normalized spacial score (nSPS) is 15.8. The molecule has 7 nitrogen and oxygen atoms in total. The molecule has 2 aromatic rings. The van der Waals surface area contributed by atoms with Crippen molar-refractivity contribution in [1.82, 2.24) is 30.4 Å². The first-order chi connectivity index (χ1) is 11.7. The van der Waals surface area contributed by atoms with E-state index >= 15 is 0 Å². The maximum atomic E-state index is 4.33. The molecule has 24 heavy (non-hydrogen) atoms. The second-order valence-corrected chi connectivity index (χ2v) is 6.32. The minimum absolute atomic E-state index is 0.852. The Bertz CT molecular complexity index is 598. The van der Waals surface area contributed by atoms with Crippen LogP contribution in [0.3, 0.4) is 0 Å². The number of H-pyrrole nitrogens is 1. The summed E-state index contributed by atoms with van der Waals surface area (Å²) in [6.07, 6.45) is 4.78. The molecule has 1 aliphatic rings. The molecule has 3 rings (SSSR count). The third-order valence-corrected chi connectivity index (χ3v) is 4.62. The van der Waals surface area contributed by atoms with Gasteiger partial charge in [0.25, 0.3) is 0 Å². The Morgan fingerprint density at radius 1 is 1.12 bits per heavy atom. The number of nitrogens with zero attached hydrogens (tertiary/aromatic N) is 5. The van der Waals surface area contributed by atoms with E-state index in [1.165, 1.54) is 11.3 Å². The summed E-state index contributed by atoms with van der Waals surface area (Å²) >= 11 is 0. The summed E-state index contributed by atoms with van der Waals surface area (Å²) in [6.45, 7) is 11.4. The Labute approximate surface area is 143 Å². The molecule has 0 spiro atoms. The molecule has 0 atom stereocenters. The van der Waals surface area contributed by atoms with Gasteiger partial charge in [-0.15, -0.1) is 0 Å². The molecule has 0 unspecified atom stereocenters. The largest absolute Gasteiger partial charge is 0.338 e. The van der Waals surface area contributed by atoms with Gasteiger partial charge < -0.3 is 10.2 Å². The number of piperazine rings is 1. The summed E-state index contributed by atoms with van der Waals surface area (Å²) in [5, 5.41) is 10.8. The van der Waals surface area contributed by atoms with Gasteiger partial charge in [0, 0.05) is 56.4 Å². The van der Waals surface area contributed by atoms with E-state index in [4.69, 9.17) is 0 Å². The van der Waals surface area contributed by atoms with Crippen LogP contribution in [-0.2, 0) is 6.54 Å². The van der Waals surface area contributed by atoms with Crippen LogP contribution in [0, 0.1) is 13.8 Å². The van der Waals surface area contributed by atoms with E-state index in [9.17, 15) is 0 Å². The van der Waals surface area contributed by atoms with Gasteiger partial charge in [0.1, 0.15) is 0 Å². The Hall–Kier alpha value is -1.99. The molecular weight excluding hydrogens is 302 g/mol. The fourth-order valence-corrected chi connectivity index (χ4v) is 3.10. The van der Waals surface area contributed by atoms with E-state index in [2.05, 4.69) is 49.1 Å². The van der Waals surface area contributed by atoms with Gasteiger partial charge in [0.05, 0.1) is 5.69 Å². The van der Waals surface area contributed by atoms with E-state index in [0.717, 1.165) is 63.9 Å². The number of nitrogens with one attached hydrogen (secondary N) is 2. The summed E-state index contributed by atoms with van der Waals surface area (Å²) in [5.41, 5.74) is 3.56. The molecule has 130 valence electrons. The van der Waals surface area contributed by atoms with Gasteiger partial charge in [-0.3, -0.25) is 10.00 Å². The smallest absolute Gasteiger partial charge is 0.225 e. The molecule has 0 radical (unpaired) electrons. The fraction of sp³-hybridized carbons (Fsp3) is 0.588. The van der Waals surface area contributed by atoms with Crippen molar-refractivity contribution < 1.29 is 0 Å². The highest BCUT2D eigenvalue weighted by Crippen LogP contribution is 2.10. The van der Waals surface area contributed by atoms with Gasteiger partial charge in [-0.25, -0.2) is 9.97 Å². The van der Waals surface area contributed by atoms with Crippen molar-refractivity contribution in [1.29, 1.82) is 0 Å². The summed E-state index contributed by atoms with van der Waals surface area (Å²) in [4.78, 5) is 13.4. The lowest BCUT2D eigenvalue weighted by atomic mass is 10.2. The molecule has 0 amide bonds. The fourth-order valence-electron chi connectivity index (χ4n) is 3.10. The predicted molar refractivity (Wildman–Crippen MR) is 95.1 cm³/mol. The molecule has 7 heteroatoms. The van der Waals surface area contributed by atoms with Crippen molar-refractivity contribution in [2.45, 2.75) is 26.8 Å². The summed E-state index contributed by atoms with van der Waals surface area (Å²) in [7, 11) is 0. The van der Waals surface area contributed by atoms with Crippen LogP contribution in [0.2, 0.25) is 0 Å². The Morgan fingerprint density at radius 3 is 2.54 bits per heavy atom. The van der Waals surface area contributed by atoms with Crippen molar-refractivity contribution in [3.8, 4) is 0 Å². The highest BCUT2D eigenvalue weighted by Gasteiger charge is 2.18. The van der Waals surface area contributed by atoms with E-state index in [1.54, 1.807) is 0 Å². The first-order valence-electron chi connectivity index (χ1n) is 8.69. The molecule has 0 saturated carbocycles. The SMILES string of the molecule is Cc1n[nH]c(C)c1CNCCCN1CCN(c2ncccn2)CC1. The zero-order valence-electron chi connectivity index (χ0n) is 14.6. The highest BCUT2D eigenvalue weighted by atomic mass is 15.3. The molecule has 0 bridgehead atoms. The van der Waals surface area contributed by atoms with Crippen LogP contribution in [0.5, 0.6) is 0 Å². The van der Waals surface area contributed by atoms with Gasteiger partial charge >= 0.3 is 0 Å². The van der Waals surface area contributed by atoms with Crippen LogP contribution < -0.4 is 10.2 Å². The van der Waals surface area contributed by atoms with Crippen LogP contribution in [0.4, 0.5) is 5.95 Å². The van der Waals surface area contributed by atoms with Gasteiger partial charge in [-0.05, 0) is 39.4 Å². The summed E-state index contributed by atoms with van der Waals surface area (Å²) < 4.78 is 0. The lowest BCUT2D eigenvalue weighted by Crippen LogP contribution is -2.47. The number of aromatic nitrogens is 4. The van der Waals surface area contributed by atoms with Crippen molar-refractivity contribution >= 4 is 5.95 Å². The average molecular weight is 329 g/mol. The van der Waals surface area contributed by atoms with E-state index < -0.39 is 0 Å². The van der Waals surface area contributed by atoms with Crippen molar-refractivity contribution in [3.05, 3.63) is 35.4 Å². The summed E-state index contributed by atoms with van der Waals surface area (Å²) in [6, 6.07) is 1.86. The zero-order valence-corrected chi connectivity index (χ0v) is 14.6. The number of aryl methyl sites for hydroxylation is 2. The van der Waals surface area contributed by atoms with E-state index in [-0.39, 0.29) is 0 Å². The molecule has 2 N–H and O–H groups in total. The highest BCUT2D eigenvalue weighted by molar-refractivity contribution is 5.29. The standard InChI is InChI=1S/C17H27N7/c1-14-16(15(2)22-21-14)13-18-5-4-8-23-9-11-24(12-10-23)17-19-6-3-7-20-17/h3,6-7,18H,4-5,8-13H2,1-2H3,(H,21,22). The second-order valence-electron chi connectivity index (χ2n) is 6.32. The Morgan fingerprint density at radius 2 is 1.88 bits per heavy atom. The lowest BCUT2D eigenvalue weighted by Gasteiger charge is -2.34. The molecule has 0 aromatic carbocycles. The number of hydrogen-bond acceptors (Lipinski definition) is 6. The monoisotopic (exact) mass is 329 g/mol. The zero-order chi connectivity index (χ0) is 16.8. The Balaban J connectivity index is 1.31. The first kappa shape index (κ1) is 16.9. The average Bonchev–Trinajstić information content (AvgIpc) is 2.94. The van der Waals surface area contributed by atoms with Crippen LogP contribution >= 0.6 is 0 Å². The van der Waals surface area contributed by atoms with Crippen molar-refractivity contribution in [2.75, 3.05) is 44.2 Å². The maximum Gasteiger partial charge on any atom is 0.225 e. The molecule has 0 aliphatic carbocycles. The van der Waals surface area contributed by atoms with Gasteiger partial charge in [-0.1, -0.05) is 0 Å². The van der Waals surface area contributed by atoms with Crippen LogP contribution in [-0.4, -0.2) is 64.3 Å². The molecule has 1 saturated heterocycles. The van der Waals surface area contributed by atoms with Crippen molar-refractivity contribution in [3.63, 3.8) is 0 Å². The molecule has 1 aliphatic heterocycles.